The summed E-state index contributed by atoms with van der Waals surface area (Å²) in [6.45, 7) is 1.22. The molecule has 116 valence electrons. The number of imide groups is 1. The van der Waals surface area contributed by atoms with Crippen LogP contribution in [0.5, 0.6) is 0 Å². The van der Waals surface area contributed by atoms with Crippen LogP contribution in [0.25, 0.3) is 0 Å². The third-order valence-electron chi connectivity index (χ3n) is 3.61. The molecule has 0 spiro atoms. The molecule has 3 heterocycles. The fraction of sp³-hybridized carbons (Fsp3) is 0.429. The molecule has 2 aliphatic heterocycles. The summed E-state index contributed by atoms with van der Waals surface area (Å²) in [5, 5.41) is 0. The molecule has 1 aromatic heterocycles. The molecule has 0 atom stereocenters. The first-order valence-corrected chi connectivity index (χ1v) is 6.91. The zero-order valence-electron chi connectivity index (χ0n) is 11.8. The number of aromatic nitrogens is 1. The summed E-state index contributed by atoms with van der Waals surface area (Å²) in [5.74, 6) is -0.258. The van der Waals surface area contributed by atoms with Crippen LogP contribution in [-0.2, 0) is 20.9 Å². The molecule has 0 bridgehead atoms. The lowest BCUT2D eigenvalue weighted by atomic mass is 10.0. The van der Waals surface area contributed by atoms with E-state index in [0.29, 0.717) is 13.1 Å². The van der Waals surface area contributed by atoms with E-state index >= 15 is 0 Å². The Kier molecular flexibility index (Phi) is 3.90. The van der Waals surface area contributed by atoms with Crippen LogP contribution in [-0.4, -0.2) is 59.1 Å². The normalized spacial score (nSPS) is 18.2. The first-order chi connectivity index (χ1) is 10.6. The second kappa shape index (κ2) is 6.00. The van der Waals surface area contributed by atoms with Gasteiger partial charge >= 0.3 is 12.2 Å². The molecular formula is C14H15N3O5. The molecule has 2 fully saturated rings. The van der Waals surface area contributed by atoms with Gasteiger partial charge in [-0.1, -0.05) is 0 Å². The van der Waals surface area contributed by atoms with Crippen LogP contribution in [0.15, 0.2) is 24.5 Å². The summed E-state index contributed by atoms with van der Waals surface area (Å²) < 4.78 is 9.82. The van der Waals surface area contributed by atoms with Crippen LogP contribution in [0.3, 0.4) is 0 Å². The van der Waals surface area contributed by atoms with E-state index in [9.17, 15) is 14.4 Å². The maximum absolute atomic E-state index is 11.8. The van der Waals surface area contributed by atoms with Gasteiger partial charge in [-0.05, 0) is 17.7 Å². The second-order valence-electron chi connectivity index (χ2n) is 5.24. The quantitative estimate of drug-likeness (QED) is 0.810. The number of amides is 3. The van der Waals surface area contributed by atoms with Crippen molar-refractivity contribution in [1.82, 2.24) is 14.8 Å². The fourth-order valence-electron chi connectivity index (χ4n) is 2.37. The van der Waals surface area contributed by atoms with Gasteiger partial charge < -0.3 is 14.4 Å². The van der Waals surface area contributed by atoms with Gasteiger partial charge in [0.25, 0.3) is 5.91 Å². The molecule has 2 aliphatic rings. The van der Waals surface area contributed by atoms with Gasteiger partial charge in [-0.15, -0.1) is 0 Å². The van der Waals surface area contributed by atoms with Crippen LogP contribution in [0.4, 0.5) is 9.59 Å². The number of pyridine rings is 1. The molecule has 0 saturated carbocycles. The van der Waals surface area contributed by atoms with E-state index in [1.165, 1.54) is 4.90 Å². The summed E-state index contributed by atoms with van der Waals surface area (Å²) in [7, 11) is 0. The van der Waals surface area contributed by atoms with Crippen molar-refractivity contribution in [2.45, 2.75) is 6.61 Å². The standard InChI is InChI=1S/C14H15N3O5/c18-12-9-22-14(20)17(12)7-11-5-16(6-11)13(19)21-8-10-1-3-15-4-2-10/h1-4,11H,5-9H2. The van der Waals surface area contributed by atoms with Gasteiger partial charge in [-0.3, -0.25) is 9.78 Å². The van der Waals surface area contributed by atoms with Gasteiger partial charge in [0.1, 0.15) is 6.61 Å². The molecule has 0 aromatic carbocycles. The van der Waals surface area contributed by atoms with Crippen LogP contribution in [0.2, 0.25) is 0 Å². The Balaban J connectivity index is 1.40. The lowest BCUT2D eigenvalue weighted by Gasteiger charge is -2.39. The van der Waals surface area contributed by atoms with E-state index < -0.39 is 12.2 Å². The molecule has 8 nitrogen and oxygen atoms in total. The summed E-state index contributed by atoms with van der Waals surface area (Å²) in [4.78, 5) is 41.1. The predicted molar refractivity (Wildman–Crippen MR) is 72.5 cm³/mol. The van der Waals surface area contributed by atoms with Crippen molar-refractivity contribution in [3.8, 4) is 0 Å². The first-order valence-electron chi connectivity index (χ1n) is 6.91. The minimum absolute atomic E-state index is 0.0723. The Hall–Kier alpha value is -2.64. The van der Waals surface area contributed by atoms with Crippen molar-refractivity contribution >= 4 is 18.1 Å². The third-order valence-corrected chi connectivity index (χ3v) is 3.61. The molecule has 3 amide bonds. The van der Waals surface area contributed by atoms with Gasteiger partial charge in [0, 0.05) is 37.9 Å². The third kappa shape index (κ3) is 3.00. The molecule has 0 unspecified atom stereocenters. The van der Waals surface area contributed by atoms with Crippen LogP contribution in [0, 0.1) is 5.92 Å². The van der Waals surface area contributed by atoms with Crippen LogP contribution < -0.4 is 0 Å². The van der Waals surface area contributed by atoms with Gasteiger partial charge in [0.2, 0.25) is 0 Å². The number of likely N-dealkylation sites (tertiary alicyclic amines) is 1. The Morgan fingerprint density at radius 2 is 2.05 bits per heavy atom. The summed E-state index contributed by atoms with van der Waals surface area (Å²) >= 11 is 0. The van der Waals surface area contributed by atoms with E-state index in [2.05, 4.69) is 9.72 Å². The summed E-state index contributed by atoms with van der Waals surface area (Å²) in [5.41, 5.74) is 0.867. The average Bonchev–Trinajstić information content (AvgIpc) is 2.80. The number of carbonyl (C=O) groups is 3. The molecule has 3 rings (SSSR count). The first kappa shape index (κ1) is 14.3. The highest BCUT2D eigenvalue weighted by molar-refractivity contribution is 5.97. The topological polar surface area (TPSA) is 89.0 Å². The Morgan fingerprint density at radius 1 is 1.32 bits per heavy atom. The minimum Gasteiger partial charge on any atom is -0.445 e. The molecular weight excluding hydrogens is 290 g/mol. The maximum atomic E-state index is 11.8. The number of nitrogens with zero attached hydrogens (tertiary/aromatic N) is 3. The van der Waals surface area contributed by atoms with E-state index in [4.69, 9.17) is 4.74 Å². The van der Waals surface area contributed by atoms with Crippen molar-refractivity contribution in [3.63, 3.8) is 0 Å². The Morgan fingerprint density at radius 3 is 2.68 bits per heavy atom. The van der Waals surface area contributed by atoms with E-state index in [1.807, 2.05) is 0 Å². The number of rotatable bonds is 4. The predicted octanol–water partition coefficient (Wildman–Crippen LogP) is 0.629. The number of cyclic esters (lactones) is 1. The van der Waals surface area contributed by atoms with Gasteiger partial charge in [0.05, 0.1) is 0 Å². The van der Waals surface area contributed by atoms with Crippen molar-refractivity contribution < 1.29 is 23.9 Å². The monoisotopic (exact) mass is 305 g/mol. The largest absolute Gasteiger partial charge is 0.445 e. The molecule has 0 aliphatic carbocycles. The fourth-order valence-corrected chi connectivity index (χ4v) is 2.37. The highest BCUT2D eigenvalue weighted by Crippen LogP contribution is 2.20. The van der Waals surface area contributed by atoms with Gasteiger partial charge in [0.15, 0.2) is 6.61 Å². The number of hydrogen-bond acceptors (Lipinski definition) is 6. The Bertz CT molecular complexity index is 569. The van der Waals surface area contributed by atoms with Crippen molar-refractivity contribution in [3.05, 3.63) is 30.1 Å². The zero-order valence-corrected chi connectivity index (χ0v) is 11.8. The molecule has 1 aromatic rings. The smallest absolute Gasteiger partial charge is 0.417 e. The van der Waals surface area contributed by atoms with E-state index in [-0.39, 0.29) is 31.6 Å². The van der Waals surface area contributed by atoms with Crippen LogP contribution in [0.1, 0.15) is 5.56 Å². The lowest BCUT2D eigenvalue weighted by molar-refractivity contribution is -0.126. The number of hydrogen-bond donors (Lipinski definition) is 0. The van der Waals surface area contributed by atoms with Crippen LogP contribution >= 0.6 is 0 Å². The number of carbonyl (C=O) groups excluding carboxylic acids is 3. The molecule has 2 saturated heterocycles. The van der Waals surface area contributed by atoms with Gasteiger partial charge in [-0.25, -0.2) is 14.5 Å². The highest BCUT2D eigenvalue weighted by Gasteiger charge is 2.38. The second-order valence-corrected chi connectivity index (χ2v) is 5.24. The minimum atomic E-state index is -0.608. The molecule has 8 heteroatoms. The highest BCUT2D eigenvalue weighted by atomic mass is 16.6. The molecule has 0 N–H and O–H groups in total. The zero-order chi connectivity index (χ0) is 15.5. The molecule has 0 radical (unpaired) electrons. The lowest BCUT2D eigenvalue weighted by Crippen LogP contribution is -2.54. The van der Waals surface area contributed by atoms with E-state index in [0.717, 1.165) is 10.5 Å². The van der Waals surface area contributed by atoms with Crippen molar-refractivity contribution in [2.75, 3.05) is 26.2 Å². The van der Waals surface area contributed by atoms with Gasteiger partial charge in [-0.2, -0.15) is 0 Å². The maximum Gasteiger partial charge on any atom is 0.417 e. The summed E-state index contributed by atoms with van der Waals surface area (Å²) in [6.07, 6.45) is 2.26. The van der Waals surface area contributed by atoms with Crippen molar-refractivity contribution in [1.29, 1.82) is 0 Å². The van der Waals surface area contributed by atoms with Crippen molar-refractivity contribution in [2.24, 2.45) is 5.92 Å². The Labute approximate surface area is 126 Å². The number of ether oxygens (including phenoxy) is 2. The summed E-state index contributed by atoms with van der Waals surface area (Å²) in [6, 6.07) is 3.55. The van der Waals surface area contributed by atoms with E-state index in [1.54, 1.807) is 24.5 Å². The molecule has 22 heavy (non-hydrogen) atoms. The SMILES string of the molecule is O=C(OCc1ccncc1)N1CC(CN2C(=O)COC2=O)C1. The average molecular weight is 305 g/mol.